The maximum Gasteiger partial charge on any atom is 2.00 e. The third kappa shape index (κ3) is 69.3. The summed E-state index contributed by atoms with van der Waals surface area (Å²) in [5, 5.41) is 0. The van der Waals surface area contributed by atoms with Crippen molar-refractivity contribution in [2.75, 3.05) is 0 Å². The summed E-state index contributed by atoms with van der Waals surface area (Å²) < 4.78 is 0.185. The van der Waals surface area contributed by atoms with E-state index in [9.17, 15) is 0 Å². The molecule has 0 bridgehead atoms. The Morgan fingerprint density at radius 1 is 1.89 bits per heavy atom. The summed E-state index contributed by atoms with van der Waals surface area (Å²) in [6, 6.07) is 0. The van der Waals surface area contributed by atoms with Gasteiger partial charge in [-0.2, -0.15) is 6.41 Å². The number of amides is 1. The van der Waals surface area contributed by atoms with E-state index in [4.69, 9.17) is 4.79 Å². The van der Waals surface area contributed by atoms with Crippen molar-refractivity contribution < 1.29 is 24.3 Å². The normalized spacial score (nSPS) is 4.89. The van der Waals surface area contributed by atoms with Crippen LogP contribution in [0.4, 0.5) is 0 Å². The van der Waals surface area contributed by atoms with Gasteiger partial charge in [0.25, 0.3) is 0 Å². The number of primary amides is 1. The van der Waals surface area contributed by atoms with Gasteiger partial charge in [0.1, 0.15) is 0 Å². The van der Waals surface area contributed by atoms with Crippen LogP contribution in [0.1, 0.15) is 0 Å². The maximum atomic E-state index is 8.46. The molecule has 0 aliphatic heterocycles. The molecule has 0 rings (SSSR count). The number of hydrogen-bond donors (Lipinski definition) is 1. The second-order valence-electron chi connectivity index (χ2n) is 0.542. The van der Waals surface area contributed by atoms with Gasteiger partial charge in [-0.15, -0.1) is 0 Å². The van der Waals surface area contributed by atoms with E-state index < -0.39 is 0 Å². The summed E-state index contributed by atoms with van der Waals surface area (Å²) in [5.41, 5.74) is 4.04. The molecule has 0 aromatic carbocycles. The number of thiocarbonyl (C=S) groups is 1. The molecule has 46 valence electrons. The van der Waals surface area contributed by atoms with Crippen molar-refractivity contribution >= 4 is 42.3 Å². The summed E-state index contributed by atoms with van der Waals surface area (Å²) in [6.45, 7) is 3.06. The second kappa shape index (κ2) is 15.7. The molecule has 0 fully saturated rings. The number of rotatable bonds is 0. The number of carbonyl (C=O) groups excluding carboxylic acids is 1. The van der Waals surface area contributed by atoms with Crippen LogP contribution in [-0.2, 0) is 36.9 Å². The van der Waals surface area contributed by atoms with Crippen molar-refractivity contribution in [1.82, 2.24) is 0 Å². The van der Waals surface area contributed by atoms with E-state index in [0.29, 0.717) is 0 Å². The van der Waals surface area contributed by atoms with Crippen LogP contribution in [0.2, 0.25) is 0 Å². The summed E-state index contributed by atoms with van der Waals surface area (Å²) in [7, 11) is 0. The zero-order valence-corrected chi connectivity index (χ0v) is 9.26. The Morgan fingerprint density at radius 3 is 2.00 bits per heavy atom. The first kappa shape index (κ1) is 16.0. The van der Waals surface area contributed by atoms with E-state index in [0.717, 1.165) is 6.41 Å². The number of nitrogens with two attached hydrogens (primary N) is 1. The molecule has 2 N–H and O–H groups in total. The van der Waals surface area contributed by atoms with E-state index in [-0.39, 0.29) is 23.8 Å². The van der Waals surface area contributed by atoms with Gasteiger partial charge in [0.15, 0.2) is 0 Å². The van der Waals surface area contributed by atoms with Gasteiger partial charge in [-0.1, -0.05) is 0 Å². The van der Waals surface area contributed by atoms with E-state index in [1.807, 2.05) is 0 Å². The van der Waals surface area contributed by atoms with Gasteiger partial charge < -0.3 is 35.4 Å². The van der Waals surface area contributed by atoms with Crippen LogP contribution in [0.5, 0.6) is 0 Å². The average molecular weight is 214 g/mol. The van der Waals surface area contributed by atoms with E-state index in [1.54, 1.807) is 0 Å². The Hall–Kier alpha value is 0.0734. The molecule has 0 saturated heterocycles. The van der Waals surface area contributed by atoms with Crippen molar-refractivity contribution in [2.24, 2.45) is 10.7 Å². The van der Waals surface area contributed by atoms with Crippen LogP contribution >= 0.6 is 12.2 Å². The molecule has 0 aromatic rings. The molecule has 9 heavy (non-hydrogen) atoms. The summed E-state index contributed by atoms with van der Waals surface area (Å²) in [5.74, 6) is 0. The van der Waals surface area contributed by atoms with Gasteiger partial charge in [-0.25, -0.2) is 0 Å². The fourth-order valence-electron chi connectivity index (χ4n) is 0. The second-order valence-corrected chi connectivity index (χ2v) is 1.57. The largest absolute Gasteiger partial charge is 2.00 e. The minimum atomic E-state index is 0. The fourth-order valence-corrected chi connectivity index (χ4v) is 0. The van der Waals surface area contributed by atoms with Gasteiger partial charge in [0, 0.05) is 0 Å². The molecule has 6 heteroatoms. The fraction of sp³-hybridized carbons (Fsp3) is 0. The molecule has 3 nitrogen and oxygen atoms in total. The Labute approximate surface area is 77.3 Å². The van der Waals surface area contributed by atoms with Gasteiger partial charge in [0.05, 0.1) is 0 Å². The van der Waals surface area contributed by atoms with E-state index in [1.165, 1.54) is 0 Å². The first-order valence-corrected chi connectivity index (χ1v) is 2.26. The van der Waals surface area contributed by atoms with Crippen molar-refractivity contribution in [3.05, 3.63) is 0 Å². The number of hydrogen-bond acceptors (Lipinski definition) is 3. The van der Waals surface area contributed by atoms with Crippen LogP contribution < -0.4 is 5.73 Å². The molecule has 0 heterocycles. The first-order chi connectivity index (χ1) is 3.68. The van der Waals surface area contributed by atoms with Crippen molar-refractivity contribution in [1.29, 1.82) is 0 Å². The predicted molar refractivity (Wildman–Crippen MR) is 39.4 cm³/mol. The third-order valence-electron chi connectivity index (χ3n) is 0.129. The summed E-state index contributed by atoms with van der Waals surface area (Å²) >= 11 is 8.56. The molecule has 0 aliphatic carbocycles. The number of nitrogens with zero attached hydrogens (tertiary/aromatic N) is 1. The van der Waals surface area contributed by atoms with Crippen LogP contribution in [0.15, 0.2) is 4.99 Å². The minimum absolute atomic E-state index is 0. The van der Waals surface area contributed by atoms with Crippen molar-refractivity contribution in [2.45, 2.75) is 0 Å². The topological polar surface area (TPSA) is 55.4 Å². The molecule has 1 amide bonds. The van der Waals surface area contributed by atoms with E-state index >= 15 is 0 Å². The van der Waals surface area contributed by atoms with Crippen LogP contribution in [0, 0.1) is 0 Å². The standard InChI is InChI=1S/C2H3NS2.CH2NO.Zn/c1-3-2(4)5;2-1-3;/h1H2,(H,4,5);(H2,2,3);/q;-1;+2/p-1. The molecule has 0 atom stereocenters. The Balaban J connectivity index is -0.0000000800. The maximum absolute atomic E-state index is 8.46. The minimum Gasteiger partial charge on any atom is -0.543 e. The first-order valence-electron chi connectivity index (χ1n) is 1.44. The van der Waals surface area contributed by atoms with Gasteiger partial charge in [0.2, 0.25) is 0 Å². The zero-order valence-electron chi connectivity index (χ0n) is 4.66. The molecule has 0 spiro atoms. The third-order valence-corrected chi connectivity index (χ3v) is 0.387. The van der Waals surface area contributed by atoms with E-state index in [2.05, 4.69) is 42.3 Å². The molecule has 0 aliphatic rings. The smallest absolute Gasteiger partial charge is 0.543 e. The predicted octanol–water partition coefficient (Wildman–Crippen LogP) is -0.471. The molecule has 0 saturated carbocycles. The van der Waals surface area contributed by atoms with Gasteiger partial charge in [-0.05, 0) is 11.0 Å². The van der Waals surface area contributed by atoms with Crippen LogP contribution in [0.3, 0.4) is 0 Å². The van der Waals surface area contributed by atoms with Gasteiger partial charge >= 0.3 is 19.5 Å². The molecule has 0 unspecified atom stereocenters. The SMILES string of the molecule is C=NC(=S)[S-].N[C-]=O.[Zn+2]. The Kier molecular flexibility index (Phi) is 28.0. The van der Waals surface area contributed by atoms with Gasteiger partial charge in [-0.3, -0.25) is 4.99 Å². The van der Waals surface area contributed by atoms with Crippen LogP contribution in [-0.4, -0.2) is 17.4 Å². The van der Waals surface area contributed by atoms with Crippen LogP contribution in [0.25, 0.3) is 0 Å². The number of aliphatic imine (C=N–C) groups is 1. The average Bonchev–Trinajstić information content (AvgIpc) is 1.69. The van der Waals surface area contributed by atoms with Crippen molar-refractivity contribution in [3.63, 3.8) is 0 Å². The quantitative estimate of drug-likeness (QED) is 0.148. The summed E-state index contributed by atoms with van der Waals surface area (Å²) in [4.78, 5) is 11.6. The zero-order chi connectivity index (χ0) is 6.99. The Bertz CT molecular complexity index is 97.8. The Morgan fingerprint density at radius 2 is 2.00 bits per heavy atom. The molecule has 0 aromatic heterocycles. The summed E-state index contributed by atoms with van der Waals surface area (Å²) in [6.07, 6.45) is 1.00. The molecule has 0 radical (unpaired) electrons. The van der Waals surface area contributed by atoms with Crippen molar-refractivity contribution in [3.8, 4) is 0 Å². The monoisotopic (exact) mass is 212 g/mol. The molecular weight excluding hydrogens is 210 g/mol. The molecular formula is C3H4N2OS2Zn.